The van der Waals surface area contributed by atoms with Gasteiger partial charge in [0, 0.05) is 5.57 Å². The van der Waals surface area contributed by atoms with Gasteiger partial charge in [0.2, 0.25) is 5.41 Å². The monoisotopic (exact) mass is 366 g/mol. The van der Waals surface area contributed by atoms with Crippen LogP contribution in [0.2, 0.25) is 0 Å². The van der Waals surface area contributed by atoms with Crippen molar-refractivity contribution in [3.8, 4) is 5.75 Å². The molecule has 0 unspecified atom stereocenters. The maximum absolute atomic E-state index is 13.0. The Labute approximate surface area is 158 Å². The molecule has 5 nitrogen and oxygen atoms in total. The summed E-state index contributed by atoms with van der Waals surface area (Å²) in [6.45, 7) is 3.81. The van der Waals surface area contributed by atoms with Crippen molar-refractivity contribution < 1.29 is 23.8 Å². The van der Waals surface area contributed by atoms with Crippen molar-refractivity contribution >= 4 is 18.0 Å². The summed E-state index contributed by atoms with van der Waals surface area (Å²) in [5.41, 5.74) is 0.209. The van der Waals surface area contributed by atoms with Crippen LogP contribution < -0.4 is 4.74 Å². The van der Waals surface area contributed by atoms with E-state index in [9.17, 15) is 9.59 Å². The van der Waals surface area contributed by atoms with E-state index in [0.29, 0.717) is 16.9 Å². The van der Waals surface area contributed by atoms with Crippen LogP contribution in [-0.2, 0) is 24.5 Å². The van der Waals surface area contributed by atoms with Crippen LogP contribution in [0.5, 0.6) is 5.75 Å². The largest absolute Gasteiger partial charge is 0.489 e. The highest BCUT2D eigenvalue weighted by Gasteiger charge is 2.57. The second-order valence-electron chi connectivity index (χ2n) is 6.05. The third-order valence-corrected chi connectivity index (χ3v) is 4.48. The van der Waals surface area contributed by atoms with Gasteiger partial charge in [0.15, 0.2) is 0 Å². The standard InChI is InChI=1S/C22H22O5/c1-3-25-20(23)22(21(24)26-4-2)17(14-16-10-8-9-13-19(16)22)15-27-18-11-6-5-7-12-18/h5-14H,3-4,15H2,1-2H3. The Morgan fingerprint density at radius 2 is 1.44 bits per heavy atom. The number of esters is 2. The van der Waals surface area contributed by atoms with Gasteiger partial charge in [-0.05, 0) is 43.2 Å². The van der Waals surface area contributed by atoms with Gasteiger partial charge in [-0.25, -0.2) is 0 Å². The van der Waals surface area contributed by atoms with E-state index in [1.807, 2.05) is 48.5 Å². The molecule has 0 heterocycles. The van der Waals surface area contributed by atoms with Crippen LogP contribution in [-0.4, -0.2) is 31.8 Å². The maximum atomic E-state index is 13.0. The molecule has 2 aromatic rings. The Balaban J connectivity index is 2.05. The second kappa shape index (κ2) is 8.08. The first-order chi connectivity index (χ1) is 13.1. The molecule has 0 fully saturated rings. The molecule has 3 rings (SSSR count). The lowest BCUT2D eigenvalue weighted by molar-refractivity contribution is -0.162. The SMILES string of the molecule is CCOC(=O)C1(C(=O)OCC)C(COc2ccccc2)=Cc2ccccc21. The van der Waals surface area contributed by atoms with Gasteiger partial charge in [0.1, 0.15) is 12.4 Å². The minimum absolute atomic E-state index is 0.0658. The fourth-order valence-corrected chi connectivity index (χ4v) is 3.31. The molecule has 5 heteroatoms. The smallest absolute Gasteiger partial charge is 0.332 e. The molecule has 1 aliphatic carbocycles. The van der Waals surface area contributed by atoms with Gasteiger partial charge in [-0.15, -0.1) is 0 Å². The van der Waals surface area contributed by atoms with E-state index in [4.69, 9.17) is 14.2 Å². The molecular weight excluding hydrogens is 344 g/mol. The minimum Gasteiger partial charge on any atom is -0.489 e. The first-order valence-electron chi connectivity index (χ1n) is 8.97. The zero-order chi connectivity index (χ0) is 19.3. The third kappa shape index (κ3) is 3.33. The van der Waals surface area contributed by atoms with Gasteiger partial charge in [-0.1, -0.05) is 42.5 Å². The molecular formula is C22H22O5. The van der Waals surface area contributed by atoms with E-state index in [1.165, 1.54) is 0 Å². The van der Waals surface area contributed by atoms with E-state index in [-0.39, 0.29) is 19.8 Å². The molecule has 0 amide bonds. The summed E-state index contributed by atoms with van der Waals surface area (Å²) in [5, 5.41) is 0. The normalized spacial score (nSPS) is 14.1. The summed E-state index contributed by atoms with van der Waals surface area (Å²) in [6.07, 6.45) is 1.81. The van der Waals surface area contributed by atoms with Crippen LogP contribution in [0.15, 0.2) is 60.2 Å². The van der Waals surface area contributed by atoms with Crippen LogP contribution in [0.4, 0.5) is 0 Å². The zero-order valence-corrected chi connectivity index (χ0v) is 15.4. The van der Waals surface area contributed by atoms with Crippen LogP contribution in [0, 0.1) is 0 Å². The van der Waals surface area contributed by atoms with E-state index < -0.39 is 17.4 Å². The van der Waals surface area contributed by atoms with Crippen LogP contribution in [0.25, 0.3) is 6.08 Å². The van der Waals surface area contributed by atoms with E-state index in [2.05, 4.69) is 0 Å². The molecule has 0 aliphatic heterocycles. The van der Waals surface area contributed by atoms with Crippen LogP contribution in [0.3, 0.4) is 0 Å². The lowest BCUT2D eigenvalue weighted by atomic mass is 9.77. The molecule has 27 heavy (non-hydrogen) atoms. The third-order valence-electron chi connectivity index (χ3n) is 4.48. The predicted molar refractivity (Wildman–Crippen MR) is 101 cm³/mol. The Morgan fingerprint density at radius 1 is 0.852 bits per heavy atom. The fraction of sp³-hybridized carbons (Fsp3) is 0.273. The van der Waals surface area contributed by atoms with Gasteiger partial charge in [0.05, 0.1) is 13.2 Å². The average molecular weight is 366 g/mol. The van der Waals surface area contributed by atoms with Gasteiger partial charge < -0.3 is 14.2 Å². The number of ether oxygens (including phenoxy) is 3. The molecule has 0 N–H and O–H groups in total. The summed E-state index contributed by atoms with van der Waals surface area (Å²) in [6, 6.07) is 16.5. The van der Waals surface area contributed by atoms with Crippen molar-refractivity contribution in [1.82, 2.24) is 0 Å². The molecule has 1 aliphatic rings. The summed E-state index contributed by atoms with van der Waals surface area (Å²) in [4.78, 5) is 26.1. The first kappa shape index (κ1) is 18.7. The quantitative estimate of drug-likeness (QED) is 0.554. The second-order valence-corrected chi connectivity index (χ2v) is 6.05. The molecule has 0 aromatic heterocycles. The lowest BCUT2D eigenvalue weighted by Gasteiger charge is -2.29. The van der Waals surface area contributed by atoms with E-state index in [1.54, 1.807) is 26.0 Å². The molecule has 0 spiro atoms. The van der Waals surface area contributed by atoms with Crippen molar-refractivity contribution in [1.29, 1.82) is 0 Å². The topological polar surface area (TPSA) is 61.8 Å². The Morgan fingerprint density at radius 3 is 2.07 bits per heavy atom. The van der Waals surface area contributed by atoms with E-state index in [0.717, 1.165) is 5.56 Å². The van der Waals surface area contributed by atoms with E-state index >= 15 is 0 Å². The zero-order valence-electron chi connectivity index (χ0n) is 15.4. The molecule has 0 saturated heterocycles. The summed E-state index contributed by atoms with van der Waals surface area (Å²) >= 11 is 0. The number of carbonyl (C=O) groups is 2. The first-order valence-corrected chi connectivity index (χ1v) is 8.97. The molecule has 0 saturated carbocycles. The number of hydrogen-bond acceptors (Lipinski definition) is 5. The number of hydrogen-bond donors (Lipinski definition) is 0. The molecule has 2 aromatic carbocycles. The van der Waals surface area contributed by atoms with Gasteiger partial charge in [0.25, 0.3) is 0 Å². The van der Waals surface area contributed by atoms with Gasteiger partial charge >= 0.3 is 11.9 Å². The van der Waals surface area contributed by atoms with Crippen molar-refractivity contribution in [3.05, 3.63) is 71.3 Å². The average Bonchev–Trinajstić information content (AvgIpc) is 3.02. The molecule has 0 bridgehead atoms. The Hall–Kier alpha value is -3.08. The predicted octanol–water partition coefficient (Wildman–Crippen LogP) is 3.53. The molecule has 0 atom stereocenters. The minimum atomic E-state index is -1.64. The highest BCUT2D eigenvalue weighted by molar-refractivity contribution is 6.13. The van der Waals surface area contributed by atoms with Crippen molar-refractivity contribution in [2.75, 3.05) is 19.8 Å². The van der Waals surface area contributed by atoms with Gasteiger partial charge in [-0.2, -0.15) is 0 Å². The summed E-state index contributed by atoms with van der Waals surface area (Å²) < 4.78 is 16.4. The number of carbonyl (C=O) groups excluding carboxylic acids is 2. The van der Waals surface area contributed by atoms with Crippen LogP contribution in [0.1, 0.15) is 25.0 Å². The fourth-order valence-electron chi connectivity index (χ4n) is 3.31. The number of benzene rings is 2. The van der Waals surface area contributed by atoms with Crippen molar-refractivity contribution in [2.24, 2.45) is 0 Å². The number of para-hydroxylation sites is 1. The van der Waals surface area contributed by atoms with Crippen molar-refractivity contribution in [2.45, 2.75) is 19.3 Å². The Kier molecular flexibility index (Phi) is 5.60. The molecule has 0 radical (unpaired) electrons. The van der Waals surface area contributed by atoms with Gasteiger partial charge in [-0.3, -0.25) is 9.59 Å². The molecule has 140 valence electrons. The Bertz CT molecular complexity index is 836. The van der Waals surface area contributed by atoms with Crippen LogP contribution >= 0.6 is 0 Å². The summed E-state index contributed by atoms with van der Waals surface area (Å²) in [7, 11) is 0. The highest BCUT2D eigenvalue weighted by Crippen LogP contribution is 2.44. The number of rotatable bonds is 7. The lowest BCUT2D eigenvalue weighted by Crippen LogP contribution is -2.47. The highest BCUT2D eigenvalue weighted by atomic mass is 16.6. The summed E-state index contributed by atoms with van der Waals surface area (Å²) in [5.74, 6) is -0.636. The van der Waals surface area contributed by atoms with Crippen molar-refractivity contribution in [3.63, 3.8) is 0 Å². The number of fused-ring (bicyclic) bond motifs is 1. The maximum Gasteiger partial charge on any atom is 0.332 e.